The number of alkyl halides is 2. The van der Waals surface area contributed by atoms with Crippen LogP contribution in [0.2, 0.25) is 0 Å². The van der Waals surface area contributed by atoms with Gasteiger partial charge in [-0.1, -0.05) is 38.8 Å². The third-order valence-corrected chi connectivity index (χ3v) is 6.22. The summed E-state index contributed by atoms with van der Waals surface area (Å²) in [5, 5.41) is 1.21. The van der Waals surface area contributed by atoms with Gasteiger partial charge in [0, 0.05) is 16.1 Å². The van der Waals surface area contributed by atoms with Crippen molar-refractivity contribution in [3.63, 3.8) is 0 Å². The van der Waals surface area contributed by atoms with Crippen LogP contribution in [0.25, 0.3) is 0 Å². The maximum absolute atomic E-state index is 11.9. The van der Waals surface area contributed by atoms with Crippen molar-refractivity contribution in [2.45, 2.75) is 19.8 Å². The minimum absolute atomic E-state index is 0.146. The van der Waals surface area contributed by atoms with Crippen molar-refractivity contribution in [3.8, 4) is 0 Å². The Morgan fingerprint density at radius 3 is 2.60 bits per heavy atom. The van der Waals surface area contributed by atoms with Gasteiger partial charge in [-0.3, -0.25) is 9.59 Å². The zero-order valence-corrected chi connectivity index (χ0v) is 11.6. The first-order valence-corrected chi connectivity index (χ1v) is 7.14. The lowest BCUT2D eigenvalue weighted by Gasteiger charge is -2.44. The highest BCUT2D eigenvalue weighted by Crippen LogP contribution is 2.61. The van der Waals surface area contributed by atoms with Crippen molar-refractivity contribution in [2.24, 2.45) is 16.7 Å². The number of ether oxygens (including phenoxy) is 1. The number of hydrogen-bond acceptors (Lipinski definition) is 3. The second kappa shape index (κ2) is 3.55. The van der Waals surface area contributed by atoms with E-state index >= 15 is 0 Å². The maximum Gasteiger partial charge on any atom is 0.321 e. The van der Waals surface area contributed by atoms with Crippen LogP contribution in [0, 0.1) is 16.7 Å². The molecule has 3 nitrogen and oxygen atoms in total. The highest BCUT2D eigenvalue weighted by Gasteiger charge is 2.67. The average molecular weight is 340 g/mol. The van der Waals surface area contributed by atoms with Crippen LogP contribution in [-0.4, -0.2) is 22.6 Å². The van der Waals surface area contributed by atoms with Crippen LogP contribution in [0.15, 0.2) is 0 Å². The predicted octanol–water partition coefficient (Wildman–Crippen LogP) is 2.26. The molecule has 0 aromatic heterocycles. The third kappa shape index (κ3) is 1.22. The molecule has 15 heavy (non-hydrogen) atoms. The number of halogens is 2. The molecule has 0 aromatic rings. The Labute approximate surface area is 105 Å². The molecule has 0 N–H and O–H groups in total. The van der Waals surface area contributed by atoms with E-state index < -0.39 is 5.41 Å². The number of rotatable bonds is 2. The number of carbonyl (C=O) groups excluding carboxylic acids is 2. The Bertz CT molecular complexity index is 331. The molecule has 1 saturated carbocycles. The molecule has 0 aromatic carbocycles. The summed E-state index contributed by atoms with van der Waals surface area (Å²) in [6.45, 7) is 2.00. The summed E-state index contributed by atoms with van der Waals surface area (Å²) in [5.74, 6) is -0.858. The lowest BCUT2D eigenvalue weighted by Crippen LogP contribution is -2.55. The molecule has 0 unspecified atom stereocenters. The van der Waals surface area contributed by atoms with Crippen LogP contribution >= 0.6 is 31.9 Å². The summed E-state index contributed by atoms with van der Waals surface area (Å²) in [5.41, 5.74) is -0.849. The largest absolute Gasteiger partial charge is 0.392 e. The molecule has 1 heterocycles. The van der Waals surface area contributed by atoms with Gasteiger partial charge in [0.2, 0.25) is 0 Å². The van der Waals surface area contributed by atoms with Gasteiger partial charge in [-0.2, -0.15) is 0 Å². The van der Waals surface area contributed by atoms with Crippen LogP contribution < -0.4 is 0 Å². The van der Waals surface area contributed by atoms with Gasteiger partial charge >= 0.3 is 11.9 Å². The van der Waals surface area contributed by atoms with E-state index in [0.717, 1.165) is 12.8 Å². The summed E-state index contributed by atoms with van der Waals surface area (Å²) in [7, 11) is 0. The molecule has 1 aliphatic heterocycles. The highest BCUT2D eigenvalue weighted by molar-refractivity contribution is 9.09. The Hall–Kier alpha value is 0.1000. The predicted molar refractivity (Wildman–Crippen MR) is 62.0 cm³/mol. The van der Waals surface area contributed by atoms with Gasteiger partial charge in [-0.15, -0.1) is 0 Å². The summed E-state index contributed by atoms with van der Waals surface area (Å²) in [4.78, 5) is 23.5. The molecule has 2 bridgehead atoms. The summed E-state index contributed by atoms with van der Waals surface area (Å²) in [6.07, 6.45) is 1.48. The second-order valence-electron chi connectivity index (χ2n) is 4.57. The number of cyclic esters (lactones) is 2. The number of fused-ring (bicyclic) bond motifs is 2. The molecular formula is C10H12Br2O3. The topological polar surface area (TPSA) is 43.4 Å². The van der Waals surface area contributed by atoms with E-state index in [4.69, 9.17) is 4.74 Å². The zero-order chi connectivity index (χ0) is 11.3. The monoisotopic (exact) mass is 338 g/mol. The molecule has 0 radical (unpaired) electrons. The molecule has 3 atom stereocenters. The van der Waals surface area contributed by atoms with Crippen molar-refractivity contribution < 1.29 is 14.3 Å². The normalized spacial score (nSPS) is 44.3. The van der Waals surface area contributed by atoms with Gasteiger partial charge in [-0.05, 0) is 12.8 Å². The molecule has 2 aliphatic rings. The SMILES string of the molecule is C[C@@]1(CBr)[C@H]2CC[C@@]1(CBr)C(=O)OC2=O. The van der Waals surface area contributed by atoms with Crippen molar-refractivity contribution in [1.82, 2.24) is 0 Å². The molecule has 1 saturated heterocycles. The van der Waals surface area contributed by atoms with E-state index in [9.17, 15) is 9.59 Å². The van der Waals surface area contributed by atoms with E-state index in [1.54, 1.807) is 0 Å². The standard InChI is InChI=1S/C10H12Br2O3/c1-9(4-11)6-2-3-10(9,5-12)8(14)15-7(6)13/h6H,2-5H2,1H3/t6-,9+,10+/m0/s1. The maximum atomic E-state index is 11.9. The van der Waals surface area contributed by atoms with Crippen molar-refractivity contribution in [1.29, 1.82) is 0 Å². The van der Waals surface area contributed by atoms with Gasteiger partial charge in [0.15, 0.2) is 0 Å². The van der Waals surface area contributed by atoms with Crippen LogP contribution in [-0.2, 0) is 14.3 Å². The minimum atomic E-state index is -0.533. The number of hydrogen-bond donors (Lipinski definition) is 0. The molecule has 1 aliphatic carbocycles. The van der Waals surface area contributed by atoms with Crippen LogP contribution in [0.3, 0.4) is 0 Å². The van der Waals surface area contributed by atoms with Crippen LogP contribution in [0.4, 0.5) is 0 Å². The Morgan fingerprint density at radius 1 is 1.40 bits per heavy atom. The summed E-state index contributed by atoms with van der Waals surface area (Å²) >= 11 is 6.84. The Morgan fingerprint density at radius 2 is 2.07 bits per heavy atom. The molecule has 0 spiro atoms. The molecule has 5 heteroatoms. The van der Waals surface area contributed by atoms with Gasteiger partial charge in [-0.25, -0.2) is 0 Å². The third-order valence-electron chi connectivity index (χ3n) is 4.10. The lowest BCUT2D eigenvalue weighted by atomic mass is 9.64. The lowest BCUT2D eigenvalue weighted by molar-refractivity contribution is -0.184. The van der Waals surface area contributed by atoms with Crippen LogP contribution in [0.1, 0.15) is 19.8 Å². The number of esters is 2. The zero-order valence-electron chi connectivity index (χ0n) is 8.39. The molecular weight excluding hydrogens is 328 g/mol. The minimum Gasteiger partial charge on any atom is -0.392 e. The smallest absolute Gasteiger partial charge is 0.321 e. The van der Waals surface area contributed by atoms with Gasteiger partial charge < -0.3 is 4.74 Å². The Kier molecular flexibility index (Phi) is 2.74. The van der Waals surface area contributed by atoms with Crippen molar-refractivity contribution in [3.05, 3.63) is 0 Å². The fraction of sp³-hybridized carbons (Fsp3) is 0.800. The molecule has 0 amide bonds. The van der Waals surface area contributed by atoms with E-state index in [2.05, 4.69) is 31.9 Å². The molecule has 84 valence electrons. The first-order valence-electron chi connectivity index (χ1n) is 4.90. The first kappa shape index (κ1) is 11.6. The first-order chi connectivity index (χ1) is 7.02. The van der Waals surface area contributed by atoms with Gasteiger partial charge in [0.1, 0.15) is 0 Å². The van der Waals surface area contributed by atoms with Crippen molar-refractivity contribution >= 4 is 43.8 Å². The van der Waals surface area contributed by atoms with Crippen molar-refractivity contribution in [2.75, 3.05) is 10.7 Å². The highest BCUT2D eigenvalue weighted by atomic mass is 79.9. The van der Waals surface area contributed by atoms with Gasteiger partial charge in [0.25, 0.3) is 0 Å². The van der Waals surface area contributed by atoms with E-state index in [-0.39, 0.29) is 23.3 Å². The van der Waals surface area contributed by atoms with E-state index in [1.807, 2.05) is 6.92 Å². The van der Waals surface area contributed by atoms with Gasteiger partial charge in [0.05, 0.1) is 11.3 Å². The Balaban J connectivity index is 2.53. The van der Waals surface area contributed by atoms with Crippen LogP contribution in [0.5, 0.6) is 0 Å². The summed E-state index contributed by atoms with van der Waals surface area (Å²) in [6, 6.07) is 0. The fourth-order valence-electron chi connectivity index (χ4n) is 2.80. The average Bonchev–Trinajstić information content (AvgIpc) is 2.44. The fourth-order valence-corrected chi connectivity index (χ4v) is 4.87. The number of carbonyl (C=O) groups is 2. The molecule has 2 fully saturated rings. The van der Waals surface area contributed by atoms with E-state index in [1.165, 1.54) is 0 Å². The quantitative estimate of drug-likeness (QED) is 0.440. The second-order valence-corrected chi connectivity index (χ2v) is 5.69. The summed E-state index contributed by atoms with van der Waals surface area (Å²) < 4.78 is 4.84. The molecule has 2 rings (SSSR count). The van der Waals surface area contributed by atoms with E-state index in [0.29, 0.717) is 10.7 Å².